The van der Waals surface area contributed by atoms with Gasteiger partial charge in [0.2, 0.25) is 0 Å². The molecule has 0 atom stereocenters. The SMILES string of the molecule is Cc1ccccc1N=NNc1cccc(C(=O)O)c1. The summed E-state index contributed by atoms with van der Waals surface area (Å²) in [5.41, 5.74) is 5.28. The fourth-order valence-electron chi connectivity index (χ4n) is 1.53. The zero-order valence-corrected chi connectivity index (χ0v) is 10.4. The van der Waals surface area contributed by atoms with Gasteiger partial charge < -0.3 is 5.11 Å². The Balaban J connectivity index is 2.09. The summed E-state index contributed by atoms with van der Waals surface area (Å²) in [6, 6.07) is 14.0. The number of anilines is 1. The number of aryl methyl sites for hydroxylation is 1. The molecule has 2 aromatic carbocycles. The molecule has 0 saturated carbocycles. The van der Waals surface area contributed by atoms with Crippen LogP contribution in [-0.4, -0.2) is 11.1 Å². The Bertz CT molecular complexity index is 624. The Kier molecular flexibility index (Phi) is 3.87. The minimum Gasteiger partial charge on any atom is -0.478 e. The van der Waals surface area contributed by atoms with Crippen LogP contribution in [0, 0.1) is 6.92 Å². The van der Waals surface area contributed by atoms with Gasteiger partial charge >= 0.3 is 5.97 Å². The molecule has 0 aromatic heterocycles. The van der Waals surface area contributed by atoms with Crippen LogP contribution in [0.4, 0.5) is 11.4 Å². The quantitative estimate of drug-likeness (QED) is 0.644. The molecule has 96 valence electrons. The fraction of sp³-hybridized carbons (Fsp3) is 0.0714. The number of carbonyl (C=O) groups is 1. The zero-order valence-electron chi connectivity index (χ0n) is 10.4. The van der Waals surface area contributed by atoms with Crippen molar-refractivity contribution >= 4 is 17.3 Å². The van der Waals surface area contributed by atoms with Crippen LogP contribution in [0.3, 0.4) is 0 Å². The summed E-state index contributed by atoms with van der Waals surface area (Å²) in [5, 5.41) is 16.8. The third-order valence-electron chi connectivity index (χ3n) is 2.56. The highest BCUT2D eigenvalue weighted by Gasteiger charge is 2.02. The lowest BCUT2D eigenvalue weighted by molar-refractivity contribution is 0.0697. The first kappa shape index (κ1) is 12.8. The number of rotatable bonds is 4. The van der Waals surface area contributed by atoms with E-state index >= 15 is 0 Å². The lowest BCUT2D eigenvalue weighted by Gasteiger charge is -2.01. The Labute approximate surface area is 110 Å². The zero-order chi connectivity index (χ0) is 13.7. The van der Waals surface area contributed by atoms with Crippen molar-refractivity contribution in [3.05, 3.63) is 59.7 Å². The molecule has 0 saturated heterocycles. The van der Waals surface area contributed by atoms with E-state index in [2.05, 4.69) is 15.8 Å². The molecule has 0 aliphatic rings. The molecule has 0 radical (unpaired) electrons. The van der Waals surface area contributed by atoms with Crippen LogP contribution in [0.1, 0.15) is 15.9 Å². The molecule has 0 aliphatic heterocycles. The maximum atomic E-state index is 10.8. The van der Waals surface area contributed by atoms with Crippen molar-refractivity contribution < 1.29 is 9.90 Å². The first-order valence-electron chi connectivity index (χ1n) is 5.72. The Morgan fingerprint density at radius 2 is 1.95 bits per heavy atom. The molecular weight excluding hydrogens is 242 g/mol. The number of nitrogens with zero attached hydrogens (tertiary/aromatic N) is 2. The highest BCUT2D eigenvalue weighted by atomic mass is 16.4. The summed E-state index contributed by atoms with van der Waals surface area (Å²) in [6.45, 7) is 1.94. The Morgan fingerprint density at radius 1 is 1.16 bits per heavy atom. The first-order valence-corrected chi connectivity index (χ1v) is 5.72. The van der Waals surface area contributed by atoms with E-state index in [-0.39, 0.29) is 5.56 Å². The number of benzene rings is 2. The van der Waals surface area contributed by atoms with Crippen LogP contribution in [0.2, 0.25) is 0 Å². The summed E-state index contributed by atoms with van der Waals surface area (Å²) in [4.78, 5) is 10.8. The van der Waals surface area contributed by atoms with Crippen molar-refractivity contribution in [2.75, 3.05) is 5.43 Å². The van der Waals surface area contributed by atoms with Gasteiger partial charge in [-0.15, -0.1) is 5.11 Å². The predicted octanol–water partition coefficient (Wildman–Crippen LogP) is 3.80. The van der Waals surface area contributed by atoms with E-state index in [1.807, 2.05) is 31.2 Å². The van der Waals surface area contributed by atoms with E-state index in [0.29, 0.717) is 5.69 Å². The first-order chi connectivity index (χ1) is 9.16. The summed E-state index contributed by atoms with van der Waals surface area (Å²) in [5.74, 6) is -0.973. The maximum absolute atomic E-state index is 10.8. The van der Waals surface area contributed by atoms with Crippen LogP contribution >= 0.6 is 0 Å². The normalized spacial score (nSPS) is 10.6. The van der Waals surface area contributed by atoms with Crippen molar-refractivity contribution in [3.8, 4) is 0 Å². The van der Waals surface area contributed by atoms with Crippen LogP contribution in [0.25, 0.3) is 0 Å². The summed E-state index contributed by atoms with van der Waals surface area (Å²) >= 11 is 0. The number of carboxylic acid groups (broad SMARTS) is 1. The number of carboxylic acids is 1. The molecule has 0 fully saturated rings. The van der Waals surface area contributed by atoms with Crippen LogP contribution in [0.5, 0.6) is 0 Å². The number of hydrogen-bond acceptors (Lipinski definition) is 3. The van der Waals surface area contributed by atoms with Crippen LogP contribution in [-0.2, 0) is 0 Å². The van der Waals surface area contributed by atoms with Gasteiger partial charge in [-0.25, -0.2) is 4.79 Å². The van der Waals surface area contributed by atoms with Crippen LogP contribution in [0.15, 0.2) is 58.9 Å². The molecule has 0 amide bonds. The smallest absolute Gasteiger partial charge is 0.335 e. The minimum absolute atomic E-state index is 0.205. The number of aromatic carboxylic acids is 1. The molecule has 0 bridgehead atoms. The molecular formula is C14H13N3O2. The van der Waals surface area contributed by atoms with Gasteiger partial charge in [-0.3, -0.25) is 5.43 Å². The van der Waals surface area contributed by atoms with Gasteiger partial charge in [-0.05, 0) is 36.8 Å². The molecule has 2 N–H and O–H groups in total. The molecule has 2 rings (SSSR count). The van der Waals surface area contributed by atoms with Gasteiger partial charge in [0.15, 0.2) is 0 Å². The minimum atomic E-state index is -0.973. The summed E-state index contributed by atoms with van der Waals surface area (Å²) in [6.07, 6.45) is 0. The van der Waals surface area contributed by atoms with E-state index in [9.17, 15) is 4.79 Å². The van der Waals surface area contributed by atoms with Crippen LogP contribution < -0.4 is 5.43 Å². The van der Waals surface area contributed by atoms with Gasteiger partial charge in [0.25, 0.3) is 0 Å². The summed E-state index contributed by atoms with van der Waals surface area (Å²) < 4.78 is 0. The van der Waals surface area contributed by atoms with Gasteiger partial charge in [0, 0.05) is 0 Å². The van der Waals surface area contributed by atoms with Crippen molar-refractivity contribution in [2.45, 2.75) is 6.92 Å². The molecule has 0 aliphatic carbocycles. The number of hydrogen-bond donors (Lipinski definition) is 2. The lowest BCUT2D eigenvalue weighted by Crippen LogP contribution is -1.97. The average Bonchev–Trinajstić information content (AvgIpc) is 2.41. The van der Waals surface area contributed by atoms with E-state index < -0.39 is 5.97 Å². The van der Waals surface area contributed by atoms with Crippen molar-refractivity contribution in [1.82, 2.24) is 0 Å². The van der Waals surface area contributed by atoms with Gasteiger partial charge in [0.05, 0.1) is 16.9 Å². The molecule has 19 heavy (non-hydrogen) atoms. The molecule has 5 heteroatoms. The summed E-state index contributed by atoms with van der Waals surface area (Å²) in [7, 11) is 0. The topological polar surface area (TPSA) is 74.0 Å². The van der Waals surface area contributed by atoms with E-state index in [1.54, 1.807) is 12.1 Å². The Morgan fingerprint density at radius 3 is 2.68 bits per heavy atom. The van der Waals surface area contributed by atoms with E-state index in [4.69, 9.17) is 5.11 Å². The predicted molar refractivity (Wildman–Crippen MR) is 72.7 cm³/mol. The van der Waals surface area contributed by atoms with E-state index in [1.165, 1.54) is 12.1 Å². The monoisotopic (exact) mass is 255 g/mol. The second-order valence-electron chi connectivity index (χ2n) is 3.98. The van der Waals surface area contributed by atoms with E-state index in [0.717, 1.165) is 11.3 Å². The highest BCUT2D eigenvalue weighted by molar-refractivity contribution is 5.88. The van der Waals surface area contributed by atoms with Crippen molar-refractivity contribution in [1.29, 1.82) is 0 Å². The third-order valence-corrected chi connectivity index (χ3v) is 2.56. The lowest BCUT2D eigenvalue weighted by atomic mass is 10.2. The van der Waals surface area contributed by atoms with Crippen molar-refractivity contribution in [3.63, 3.8) is 0 Å². The average molecular weight is 255 g/mol. The Hall–Kier alpha value is -2.69. The maximum Gasteiger partial charge on any atom is 0.335 e. The molecule has 5 nitrogen and oxygen atoms in total. The molecule has 0 unspecified atom stereocenters. The second-order valence-corrected chi connectivity index (χ2v) is 3.98. The van der Waals surface area contributed by atoms with Gasteiger partial charge in [0.1, 0.15) is 0 Å². The van der Waals surface area contributed by atoms with Gasteiger partial charge in [-0.2, -0.15) is 0 Å². The van der Waals surface area contributed by atoms with Crippen molar-refractivity contribution in [2.24, 2.45) is 10.3 Å². The highest BCUT2D eigenvalue weighted by Crippen LogP contribution is 2.18. The largest absolute Gasteiger partial charge is 0.478 e. The molecule has 0 heterocycles. The number of nitrogens with one attached hydrogen (secondary N) is 1. The van der Waals surface area contributed by atoms with Gasteiger partial charge in [-0.1, -0.05) is 29.5 Å². The fourth-order valence-corrected chi connectivity index (χ4v) is 1.53. The third kappa shape index (κ3) is 3.38. The second kappa shape index (κ2) is 5.77. The molecule has 0 spiro atoms. The standard InChI is InChI=1S/C14H13N3O2/c1-10-5-2-3-8-13(10)16-17-15-12-7-4-6-11(9-12)14(18)19/h2-9H,1H3,(H,15,16)(H,18,19). The molecule has 2 aromatic rings.